The summed E-state index contributed by atoms with van der Waals surface area (Å²) in [6, 6.07) is -0.345. The van der Waals surface area contributed by atoms with E-state index in [0.29, 0.717) is 5.57 Å². The molecule has 0 aromatic carbocycles. The van der Waals surface area contributed by atoms with Crippen LogP contribution in [0.1, 0.15) is 27.7 Å². The number of allylic oxidation sites excluding steroid dienone is 5. The summed E-state index contributed by atoms with van der Waals surface area (Å²) in [5, 5.41) is 0. The quantitative estimate of drug-likeness (QED) is 0.130. The Morgan fingerprint density at radius 1 is 1.30 bits per heavy atom. The number of alkyl halides is 3. The zero-order valence-electron chi connectivity index (χ0n) is 21.0. The second-order valence-corrected chi connectivity index (χ2v) is 7.77. The number of nitrogens with zero attached hydrogens (tertiary/aromatic N) is 3. The molecule has 37 heavy (non-hydrogen) atoms. The molecule has 0 radical (unpaired) electrons. The van der Waals surface area contributed by atoms with Crippen molar-refractivity contribution in [3.8, 4) is 11.8 Å². The van der Waals surface area contributed by atoms with Gasteiger partial charge < -0.3 is 19.9 Å². The second-order valence-electron chi connectivity index (χ2n) is 7.77. The summed E-state index contributed by atoms with van der Waals surface area (Å²) in [4.78, 5) is 11.5. The molecule has 1 rings (SSSR count). The van der Waals surface area contributed by atoms with Crippen molar-refractivity contribution in [2.75, 3.05) is 19.8 Å². The Morgan fingerprint density at radius 3 is 2.57 bits per heavy atom. The summed E-state index contributed by atoms with van der Waals surface area (Å²) >= 11 is 0. The molecule has 2 N–H and O–H groups in total. The Balaban J connectivity index is 3.07. The predicted octanol–water partition coefficient (Wildman–Crippen LogP) is 5.25. The van der Waals surface area contributed by atoms with Gasteiger partial charge in [-0.15, -0.1) is 5.92 Å². The van der Waals surface area contributed by atoms with Crippen LogP contribution in [0.25, 0.3) is 0 Å². The minimum Gasteiger partial charge on any atom is -0.463 e. The van der Waals surface area contributed by atoms with Gasteiger partial charge in [-0.05, 0) is 52.1 Å². The molecule has 1 aliphatic heterocycles. The van der Waals surface area contributed by atoms with E-state index < -0.39 is 36.1 Å². The Bertz CT molecular complexity index is 1110. The largest absolute Gasteiger partial charge is 0.463 e. The van der Waals surface area contributed by atoms with Crippen molar-refractivity contribution in [1.29, 1.82) is 0 Å². The number of hydrogen-bond donors (Lipinski definition) is 1. The highest BCUT2D eigenvalue weighted by Crippen LogP contribution is 2.35. The topological polar surface area (TPSA) is 90.8 Å². The van der Waals surface area contributed by atoms with Crippen LogP contribution >= 0.6 is 0 Å². The van der Waals surface area contributed by atoms with Crippen LogP contribution in [0, 0.1) is 11.8 Å². The third-order valence-electron chi connectivity index (χ3n) is 4.89. The molecule has 0 fully saturated rings. The fourth-order valence-electron chi connectivity index (χ4n) is 2.74. The maximum Gasteiger partial charge on any atom is 0.411 e. The maximum absolute atomic E-state index is 14.9. The molecule has 1 aliphatic rings. The highest BCUT2D eigenvalue weighted by molar-refractivity contribution is 5.97. The maximum atomic E-state index is 14.9. The summed E-state index contributed by atoms with van der Waals surface area (Å²) in [5.74, 6) is 3.71. The van der Waals surface area contributed by atoms with E-state index >= 15 is 0 Å². The number of halogens is 5. The van der Waals surface area contributed by atoms with E-state index in [4.69, 9.17) is 19.9 Å². The van der Waals surface area contributed by atoms with E-state index in [1.165, 1.54) is 33.0 Å². The lowest BCUT2D eigenvalue weighted by Crippen LogP contribution is -2.51. The van der Waals surface area contributed by atoms with Crippen molar-refractivity contribution >= 4 is 18.5 Å². The average Bonchev–Trinajstić information content (AvgIpc) is 2.82. The number of amidine groups is 1. The van der Waals surface area contributed by atoms with Crippen LogP contribution in [0.15, 0.2) is 74.7 Å². The van der Waals surface area contributed by atoms with Crippen LogP contribution in [-0.4, -0.2) is 56.1 Å². The summed E-state index contributed by atoms with van der Waals surface area (Å²) in [5.41, 5.74) is 3.86. The number of aliphatic imine (C=N–C) groups is 3. The first kappa shape index (κ1) is 31.3. The van der Waals surface area contributed by atoms with Gasteiger partial charge in [-0.2, -0.15) is 13.2 Å². The van der Waals surface area contributed by atoms with Crippen molar-refractivity contribution in [3.05, 3.63) is 59.7 Å². The molecule has 7 nitrogen and oxygen atoms in total. The highest BCUT2D eigenvalue weighted by atomic mass is 19.4. The number of ether oxygens (including phenoxy) is 3. The van der Waals surface area contributed by atoms with Crippen LogP contribution < -0.4 is 5.73 Å². The van der Waals surface area contributed by atoms with E-state index in [1.807, 2.05) is 0 Å². The third-order valence-corrected chi connectivity index (χ3v) is 4.89. The molecule has 0 bridgehead atoms. The molecular formula is C25H29F5N4O3. The fourth-order valence-corrected chi connectivity index (χ4v) is 2.74. The number of nitrogens with two attached hydrogens (primary N) is 1. The first-order valence-corrected chi connectivity index (χ1v) is 10.7. The van der Waals surface area contributed by atoms with Crippen LogP contribution in [-0.2, 0) is 14.2 Å². The third kappa shape index (κ3) is 10.4. The minimum absolute atomic E-state index is 0.0166. The summed E-state index contributed by atoms with van der Waals surface area (Å²) < 4.78 is 82.3. The van der Waals surface area contributed by atoms with Crippen molar-refractivity contribution in [2.24, 2.45) is 20.7 Å². The van der Waals surface area contributed by atoms with Gasteiger partial charge in [0.15, 0.2) is 6.61 Å². The monoisotopic (exact) mass is 528 g/mol. The Morgan fingerprint density at radius 2 is 1.97 bits per heavy atom. The molecule has 0 amide bonds. The fraction of sp³-hybridized carbons (Fsp3) is 0.400. The first-order valence-electron chi connectivity index (χ1n) is 10.7. The van der Waals surface area contributed by atoms with E-state index in [-0.39, 0.29) is 36.4 Å². The molecule has 0 saturated heterocycles. The molecule has 0 spiro atoms. The average molecular weight is 529 g/mol. The van der Waals surface area contributed by atoms with Gasteiger partial charge in [0, 0.05) is 5.57 Å². The van der Waals surface area contributed by atoms with Gasteiger partial charge in [-0.25, -0.2) is 18.8 Å². The number of hydrogen-bond acceptors (Lipinski definition) is 7. The predicted molar refractivity (Wildman–Crippen MR) is 133 cm³/mol. The minimum atomic E-state index is -4.61. The van der Waals surface area contributed by atoms with Gasteiger partial charge in [-0.1, -0.05) is 18.6 Å². The Hall–Kier alpha value is -3.72. The van der Waals surface area contributed by atoms with Gasteiger partial charge >= 0.3 is 6.18 Å². The first-order chi connectivity index (χ1) is 17.2. The molecular weight excluding hydrogens is 499 g/mol. The van der Waals surface area contributed by atoms with Gasteiger partial charge in [0.25, 0.3) is 6.02 Å². The lowest BCUT2D eigenvalue weighted by Gasteiger charge is -2.38. The molecule has 0 unspecified atom stereocenters. The van der Waals surface area contributed by atoms with Crippen LogP contribution in [0.2, 0.25) is 0 Å². The SMILES string of the molecule is C=N\C(=C/N=C(C)/C(F)=C/C(C)=C/C=C(/F)C(=C)[C@@]1(C)N=C(N)OC[C@@H]1OCC(F)(F)F)OCC#CC. The van der Waals surface area contributed by atoms with E-state index in [2.05, 4.69) is 40.1 Å². The van der Waals surface area contributed by atoms with E-state index in [0.717, 1.165) is 12.2 Å². The van der Waals surface area contributed by atoms with Crippen molar-refractivity contribution < 1.29 is 36.2 Å². The van der Waals surface area contributed by atoms with E-state index in [1.54, 1.807) is 6.92 Å². The molecule has 0 saturated carbocycles. The highest BCUT2D eigenvalue weighted by Gasteiger charge is 2.44. The number of rotatable bonds is 11. The zero-order valence-corrected chi connectivity index (χ0v) is 21.0. The lowest BCUT2D eigenvalue weighted by atomic mass is 9.86. The van der Waals surface area contributed by atoms with Crippen LogP contribution in [0.5, 0.6) is 0 Å². The van der Waals surface area contributed by atoms with Crippen molar-refractivity contribution in [1.82, 2.24) is 0 Å². The molecule has 202 valence electrons. The Kier molecular flexibility index (Phi) is 12.0. The lowest BCUT2D eigenvalue weighted by molar-refractivity contribution is -0.194. The summed E-state index contributed by atoms with van der Waals surface area (Å²) in [6.07, 6.45) is -1.43. The van der Waals surface area contributed by atoms with Gasteiger partial charge in [0.2, 0.25) is 5.88 Å². The van der Waals surface area contributed by atoms with Gasteiger partial charge in [0.1, 0.15) is 36.5 Å². The van der Waals surface area contributed by atoms with Gasteiger partial charge in [-0.3, -0.25) is 4.99 Å². The van der Waals surface area contributed by atoms with E-state index in [9.17, 15) is 22.0 Å². The molecule has 12 heteroatoms. The Labute approximate surface area is 212 Å². The molecule has 2 atom stereocenters. The van der Waals surface area contributed by atoms with Crippen LogP contribution in [0.4, 0.5) is 22.0 Å². The molecule has 0 aromatic heterocycles. The summed E-state index contributed by atoms with van der Waals surface area (Å²) in [6.45, 7) is 10.9. The smallest absolute Gasteiger partial charge is 0.411 e. The van der Waals surface area contributed by atoms with Gasteiger partial charge in [0.05, 0.1) is 11.9 Å². The second kappa shape index (κ2) is 14.1. The normalized spacial score (nSPS) is 21.9. The van der Waals surface area contributed by atoms with Crippen molar-refractivity contribution in [3.63, 3.8) is 0 Å². The molecule has 0 aromatic rings. The van der Waals surface area contributed by atoms with Crippen LogP contribution in [0.3, 0.4) is 0 Å². The standard InChI is InChI=1S/C25H29F5N4O3/c1-7-8-11-35-22(32-6)13-33-18(4)20(27)12-16(2)9-10-19(26)17(3)24(5)21(14-36-23(31)34-24)37-15-25(28,29)30/h9-10,12-13,21H,3,6,11,14-15H2,1-2,4-5H3,(H2,31,34)/b16-9+,19-10+,20-12-,22-13+,33-18+/t21-,24+/m0/s1. The van der Waals surface area contributed by atoms with Crippen molar-refractivity contribution in [2.45, 2.75) is 45.5 Å². The summed E-state index contributed by atoms with van der Waals surface area (Å²) in [7, 11) is 0. The molecule has 1 heterocycles. The molecule has 0 aliphatic carbocycles. The zero-order chi connectivity index (χ0) is 28.2.